The molecule has 1 aliphatic heterocycles. The highest BCUT2D eigenvalue weighted by molar-refractivity contribution is 6.07. The number of carbonyl (C=O) groups is 1. The van der Waals surface area contributed by atoms with Crippen LogP contribution in [0.15, 0.2) is 15.3 Å². The van der Waals surface area contributed by atoms with E-state index in [-0.39, 0.29) is 17.2 Å². The van der Waals surface area contributed by atoms with Gasteiger partial charge in [-0.05, 0) is 13.0 Å². The van der Waals surface area contributed by atoms with Gasteiger partial charge in [-0.1, -0.05) is 6.08 Å². The molecule has 0 saturated carbocycles. The molecule has 0 unspecified atom stereocenters. The Kier molecular flexibility index (Phi) is 2.28. The number of fused-ring (bicyclic) bond motifs is 1. The molecule has 3 N–H and O–H groups in total. The first-order valence-electron chi connectivity index (χ1n) is 4.58. The van der Waals surface area contributed by atoms with Crippen molar-refractivity contribution in [3.8, 4) is 5.75 Å². The van der Waals surface area contributed by atoms with Gasteiger partial charge in [-0.3, -0.25) is 9.59 Å². The fourth-order valence-electron chi connectivity index (χ4n) is 1.44. The third-order valence-electron chi connectivity index (χ3n) is 2.19. The Labute approximate surface area is 89.8 Å². The van der Waals surface area contributed by atoms with Crippen LogP contribution in [0.25, 0.3) is 6.08 Å². The van der Waals surface area contributed by atoms with Gasteiger partial charge in [0.1, 0.15) is 5.69 Å². The summed E-state index contributed by atoms with van der Waals surface area (Å²) in [6.07, 6.45) is 1.41. The summed E-state index contributed by atoms with van der Waals surface area (Å²) in [6, 6.07) is 0. The second-order valence-corrected chi connectivity index (χ2v) is 3.26. The van der Waals surface area contributed by atoms with Gasteiger partial charge < -0.3 is 19.9 Å². The number of carbonyl (C=O) groups excluding carboxylic acids is 1. The van der Waals surface area contributed by atoms with Gasteiger partial charge in [0.15, 0.2) is 12.0 Å². The lowest BCUT2D eigenvalue weighted by Crippen LogP contribution is -2.21. The number of hydrogen-bond acceptors (Lipinski definition) is 6. The number of aliphatic hydroxyl groups is 1. The number of hydrogen-bond donors (Lipinski definition) is 3. The number of nitrogens with one attached hydrogen (secondary N) is 1. The molecule has 2 rings (SSSR count). The van der Waals surface area contributed by atoms with Crippen LogP contribution >= 0.6 is 0 Å². The number of anilines is 1. The number of rotatable bonds is 1. The van der Waals surface area contributed by atoms with Crippen molar-refractivity contribution in [2.45, 2.75) is 13.2 Å². The third kappa shape index (κ3) is 1.31. The van der Waals surface area contributed by atoms with Gasteiger partial charge in [-0.15, -0.1) is 0 Å². The fraction of sp³-hybridized carbons (Fsp3) is 0.200. The van der Waals surface area contributed by atoms with Crippen LogP contribution in [-0.4, -0.2) is 22.2 Å². The summed E-state index contributed by atoms with van der Waals surface area (Å²) in [5, 5.41) is 20.9. The summed E-state index contributed by atoms with van der Waals surface area (Å²) < 4.78 is 5.05. The van der Waals surface area contributed by atoms with Crippen molar-refractivity contribution < 1.29 is 19.4 Å². The van der Waals surface area contributed by atoms with Crippen LogP contribution < -0.4 is 10.7 Å². The first kappa shape index (κ1) is 10.4. The minimum Gasteiger partial charge on any atom is -0.501 e. The molecule has 0 amide bonds. The summed E-state index contributed by atoms with van der Waals surface area (Å²) in [4.78, 5) is 22.9. The maximum Gasteiger partial charge on any atom is 0.251 e. The van der Waals surface area contributed by atoms with Crippen LogP contribution in [0.4, 0.5) is 5.69 Å². The van der Waals surface area contributed by atoms with Gasteiger partial charge in [0.25, 0.3) is 5.43 Å². The van der Waals surface area contributed by atoms with Crippen molar-refractivity contribution in [3.05, 3.63) is 27.8 Å². The molecule has 1 atom stereocenters. The summed E-state index contributed by atoms with van der Waals surface area (Å²) >= 11 is 0. The Morgan fingerprint density at radius 3 is 2.75 bits per heavy atom. The van der Waals surface area contributed by atoms with Crippen molar-refractivity contribution in [3.63, 3.8) is 0 Å². The van der Waals surface area contributed by atoms with E-state index in [0.717, 1.165) is 0 Å². The maximum atomic E-state index is 11.6. The SMILES string of the molecule is C/C=C/c1oc2c(c(=O)c1O)N[C@H](O)C2=O. The highest BCUT2D eigenvalue weighted by Crippen LogP contribution is 2.27. The average Bonchev–Trinajstić information content (AvgIpc) is 2.53. The molecule has 6 heteroatoms. The van der Waals surface area contributed by atoms with E-state index in [4.69, 9.17) is 4.42 Å². The second-order valence-electron chi connectivity index (χ2n) is 3.26. The Morgan fingerprint density at radius 2 is 2.12 bits per heavy atom. The van der Waals surface area contributed by atoms with Crippen LogP contribution in [0.5, 0.6) is 5.75 Å². The summed E-state index contributed by atoms with van der Waals surface area (Å²) in [7, 11) is 0. The Balaban J connectivity index is 2.72. The van der Waals surface area contributed by atoms with E-state index in [1.807, 2.05) is 0 Å². The third-order valence-corrected chi connectivity index (χ3v) is 2.19. The van der Waals surface area contributed by atoms with Gasteiger partial charge in [-0.25, -0.2) is 0 Å². The quantitative estimate of drug-likeness (QED) is 0.633. The molecule has 0 aliphatic carbocycles. The van der Waals surface area contributed by atoms with E-state index in [2.05, 4.69) is 5.32 Å². The lowest BCUT2D eigenvalue weighted by Gasteiger charge is -2.01. The van der Waals surface area contributed by atoms with E-state index >= 15 is 0 Å². The first-order valence-corrected chi connectivity index (χ1v) is 4.58. The molecule has 2 heterocycles. The predicted octanol–water partition coefficient (Wildman–Crippen LogP) is 0.305. The fourth-order valence-corrected chi connectivity index (χ4v) is 1.44. The lowest BCUT2D eigenvalue weighted by atomic mass is 10.2. The van der Waals surface area contributed by atoms with Crippen LogP contribution in [0.3, 0.4) is 0 Å². The van der Waals surface area contributed by atoms with E-state index in [0.29, 0.717) is 0 Å². The average molecular weight is 223 g/mol. The van der Waals surface area contributed by atoms with Crippen molar-refractivity contribution in [1.29, 1.82) is 0 Å². The molecule has 1 aromatic heterocycles. The molecular formula is C10H9NO5. The van der Waals surface area contributed by atoms with Gasteiger partial charge >= 0.3 is 0 Å². The topological polar surface area (TPSA) is 99.8 Å². The minimum atomic E-state index is -1.49. The number of aromatic hydroxyl groups is 1. The Morgan fingerprint density at radius 1 is 1.44 bits per heavy atom. The highest BCUT2D eigenvalue weighted by atomic mass is 16.4. The van der Waals surface area contributed by atoms with Crippen LogP contribution in [0.2, 0.25) is 0 Å². The van der Waals surface area contributed by atoms with Crippen LogP contribution in [0, 0.1) is 0 Å². The largest absolute Gasteiger partial charge is 0.501 e. The van der Waals surface area contributed by atoms with Crippen LogP contribution in [0.1, 0.15) is 23.2 Å². The van der Waals surface area contributed by atoms with E-state index in [1.165, 1.54) is 6.08 Å². The van der Waals surface area contributed by atoms with E-state index in [9.17, 15) is 19.8 Å². The van der Waals surface area contributed by atoms with Gasteiger partial charge in [-0.2, -0.15) is 0 Å². The molecule has 1 aromatic rings. The highest BCUT2D eigenvalue weighted by Gasteiger charge is 2.35. The zero-order valence-electron chi connectivity index (χ0n) is 8.35. The van der Waals surface area contributed by atoms with E-state index < -0.39 is 23.2 Å². The van der Waals surface area contributed by atoms with Crippen molar-refractivity contribution >= 4 is 17.5 Å². The zero-order chi connectivity index (χ0) is 11.9. The van der Waals surface area contributed by atoms with E-state index in [1.54, 1.807) is 13.0 Å². The normalized spacial score (nSPS) is 18.9. The second kappa shape index (κ2) is 3.49. The Hall–Kier alpha value is -2.08. The zero-order valence-corrected chi connectivity index (χ0v) is 8.35. The first-order chi connectivity index (χ1) is 7.56. The van der Waals surface area contributed by atoms with Crippen molar-refractivity contribution in [1.82, 2.24) is 0 Å². The lowest BCUT2D eigenvalue weighted by molar-refractivity contribution is 0.0788. The number of aliphatic hydroxyl groups excluding tert-OH is 1. The molecule has 0 radical (unpaired) electrons. The number of ketones is 1. The maximum absolute atomic E-state index is 11.6. The van der Waals surface area contributed by atoms with Gasteiger partial charge in [0.05, 0.1) is 0 Å². The molecule has 0 bridgehead atoms. The monoisotopic (exact) mass is 223 g/mol. The smallest absolute Gasteiger partial charge is 0.251 e. The summed E-state index contributed by atoms with van der Waals surface area (Å²) in [5.41, 5.74) is -0.970. The van der Waals surface area contributed by atoms with Crippen molar-refractivity contribution in [2.75, 3.05) is 5.32 Å². The molecule has 6 nitrogen and oxygen atoms in total. The predicted molar refractivity (Wildman–Crippen MR) is 55.3 cm³/mol. The minimum absolute atomic E-state index is 0.101. The summed E-state index contributed by atoms with van der Waals surface area (Å²) in [6.45, 7) is 1.67. The molecule has 0 saturated heterocycles. The van der Waals surface area contributed by atoms with Gasteiger partial charge in [0, 0.05) is 0 Å². The number of allylic oxidation sites excluding steroid dienone is 1. The van der Waals surface area contributed by atoms with Crippen LogP contribution in [-0.2, 0) is 0 Å². The summed E-state index contributed by atoms with van der Waals surface area (Å²) in [5.74, 6) is -1.68. The molecule has 0 spiro atoms. The van der Waals surface area contributed by atoms with Gasteiger partial charge in [0.2, 0.25) is 17.3 Å². The van der Waals surface area contributed by atoms with Crippen molar-refractivity contribution in [2.24, 2.45) is 0 Å². The molecule has 16 heavy (non-hydrogen) atoms. The molecular weight excluding hydrogens is 214 g/mol. The Bertz CT molecular complexity index is 543. The number of Topliss-reactive ketones (excluding diaryl/α,β-unsaturated/α-hetero) is 1. The molecule has 0 fully saturated rings. The standard InChI is InChI=1S/C10H9NO5/c1-2-3-4-6(12)7(13)5-9(16-4)8(14)10(15)11-5/h2-3,10-12,15H,1H3/b3-2+/t10-/m1/s1. The molecule has 0 aromatic carbocycles. The molecule has 84 valence electrons. The molecule has 1 aliphatic rings.